The average molecular weight is 297 g/mol. The van der Waals surface area contributed by atoms with Crippen molar-refractivity contribution in [2.45, 2.75) is 43.4 Å². The van der Waals surface area contributed by atoms with Crippen molar-refractivity contribution in [3.8, 4) is 5.75 Å². The zero-order valence-corrected chi connectivity index (χ0v) is 13.2. The van der Waals surface area contributed by atoms with Gasteiger partial charge in [-0.05, 0) is 67.3 Å². The van der Waals surface area contributed by atoms with Crippen LogP contribution in [0.3, 0.4) is 0 Å². The van der Waals surface area contributed by atoms with Gasteiger partial charge in [0.1, 0.15) is 5.75 Å². The Bertz CT molecular complexity index is 698. The fourth-order valence-corrected chi connectivity index (χ4v) is 4.32. The molecule has 0 aromatic heterocycles. The Balaban J connectivity index is 1.71. The van der Waals surface area contributed by atoms with Crippen LogP contribution in [0.4, 0.5) is 0 Å². The lowest BCUT2D eigenvalue weighted by molar-refractivity contribution is -0.0492. The number of piperidine rings is 1. The van der Waals surface area contributed by atoms with Crippen LogP contribution in [0.2, 0.25) is 0 Å². The normalized spacial score (nSPS) is 31.6. The smallest absolute Gasteiger partial charge is 0.119 e. The maximum absolute atomic E-state index is 11.3. The number of hydrogen-bond acceptors (Lipinski definition) is 3. The molecule has 2 saturated heterocycles. The first-order valence-electron chi connectivity index (χ1n) is 8.12. The van der Waals surface area contributed by atoms with Gasteiger partial charge in [-0.3, -0.25) is 0 Å². The van der Waals surface area contributed by atoms with Gasteiger partial charge in [-0.25, -0.2) is 0 Å². The van der Waals surface area contributed by atoms with Gasteiger partial charge in [0, 0.05) is 12.1 Å². The van der Waals surface area contributed by atoms with Gasteiger partial charge in [-0.2, -0.15) is 0 Å². The summed E-state index contributed by atoms with van der Waals surface area (Å²) in [7, 11) is 3.89. The van der Waals surface area contributed by atoms with Gasteiger partial charge in [0.25, 0.3) is 0 Å². The molecule has 2 aromatic rings. The first-order chi connectivity index (χ1) is 10.6. The van der Waals surface area contributed by atoms with Crippen LogP contribution in [0.15, 0.2) is 36.4 Å². The Hall–Kier alpha value is -1.58. The fourth-order valence-electron chi connectivity index (χ4n) is 4.32. The number of benzene rings is 2. The second-order valence-electron chi connectivity index (χ2n) is 6.92. The largest absolute Gasteiger partial charge is 0.497 e. The molecule has 2 unspecified atom stereocenters. The topological polar surface area (TPSA) is 32.7 Å². The predicted octanol–water partition coefficient (Wildman–Crippen LogP) is 3.29. The second kappa shape index (κ2) is 4.97. The first kappa shape index (κ1) is 14.0. The van der Waals surface area contributed by atoms with E-state index in [1.54, 1.807) is 7.11 Å². The van der Waals surface area contributed by atoms with Gasteiger partial charge in [-0.15, -0.1) is 0 Å². The lowest BCUT2D eigenvalue weighted by Gasteiger charge is -2.42. The number of fused-ring (bicyclic) bond motifs is 3. The molecule has 1 N–H and O–H groups in total. The Morgan fingerprint density at radius 2 is 1.68 bits per heavy atom. The average Bonchev–Trinajstić information content (AvgIpc) is 2.75. The van der Waals surface area contributed by atoms with Crippen LogP contribution in [0.25, 0.3) is 10.8 Å². The van der Waals surface area contributed by atoms with E-state index in [0.717, 1.165) is 34.9 Å². The third kappa shape index (κ3) is 2.11. The molecule has 0 amide bonds. The number of hydrogen-bond donors (Lipinski definition) is 1. The molecule has 2 aliphatic rings. The number of ether oxygens (including phenoxy) is 1. The summed E-state index contributed by atoms with van der Waals surface area (Å²) in [4.78, 5) is 2.46. The van der Waals surface area contributed by atoms with Crippen LogP contribution >= 0.6 is 0 Å². The van der Waals surface area contributed by atoms with Gasteiger partial charge in [0.2, 0.25) is 0 Å². The highest BCUT2D eigenvalue weighted by Gasteiger charge is 2.46. The molecule has 0 spiro atoms. The number of rotatable bonds is 2. The monoisotopic (exact) mass is 297 g/mol. The van der Waals surface area contributed by atoms with Crippen LogP contribution < -0.4 is 4.74 Å². The van der Waals surface area contributed by atoms with Gasteiger partial charge >= 0.3 is 0 Å². The van der Waals surface area contributed by atoms with Crippen LogP contribution in [-0.4, -0.2) is 36.2 Å². The van der Waals surface area contributed by atoms with Crippen molar-refractivity contribution in [3.63, 3.8) is 0 Å². The molecule has 3 nitrogen and oxygen atoms in total. The van der Waals surface area contributed by atoms with Crippen LogP contribution in [-0.2, 0) is 5.60 Å². The number of aliphatic hydroxyl groups is 1. The highest BCUT2D eigenvalue weighted by Crippen LogP contribution is 2.45. The van der Waals surface area contributed by atoms with Crippen molar-refractivity contribution in [2.24, 2.45) is 0 Å². The van der Waals surface area contributed by atoms with Gasteiger partial charge in [0.05, 0.1) is 12.7 Å². The highest BCUT2D eigenvalue weighted by atomic mass is 16.5. The highest BCUT2D eigenvalue weighted by molar-refractivity contribution is 5.84. The maximum Gasteiger partial charge on any atom is 0.119 e. The molecule has 2 atom stereocenters. The molecule has 0 saturated carbocycles. The Morgan fingerprint density at radius 1 is 1.05 bits per heavy atom. The van der Waals surface area contributed by atoms with Crippen molar-refractivity contribution < 1.29 is 9.84 Å². The van der Waals surface area contributed by atoms with E-state index in [1.165, 1.54) is 12.8 Å². The Morgan fingerprint density at radius 3 is 2.36 bits per heavy atom. The molecule has 3 heteroatoms. The summed E-state index contributed by atoms with van der Waals surface area (Å²) in [5.74, 6) is 0.872. The van der Waals surface area contributed by atoms with Crippen molar-refractivity contribution in [3.05, 3.63) is 42.0 Å². The molecule has 4 rings (SSSR count). The van der Waals surface area contributed by atoms with Crippen molar-refractivity contribution in [1.82, 2.24) is 4.90 Å². The van der Waals surface area contributed by atoms with Gasteiger partial charge < -0.3 is 14.7 Å². The molecular weight excluding hydrogens is 274 g/mol. The summed E-state index contributed by atoms with van der Waals surface area (Å²) in [6.45, 7) is 0. The molecule has 0 radical (unpaired) electrons. The standard InChI is InChI=1S/C19H23NO2/c1-20-16-6-7-17(20)12-19(21,11-16)15-5-3-14-10-18(22-2)8-4-13(14)9-15/h3-5,8-10,16-17,21H,6-7,11-12H2,1-2H3. The minimum absolute atomic E-state index is 0.523. The van der Waals surface area contributed by atoms with Crippen LogP contribution in [0.1, 0.15) is 31.2 Å². The van der Waals surface area contributed by atoms with E-state index >= 15 is 0 Å². The molecule has 0 aliphatic carbocycles. The summed E-state index contributed by atoms with van der Waals surface area (Å²) < 4.78 is 5.28. The third-order valence-electron chi connectivity index (χ3n) is 5.72. The second-order valence-corrected chi connectivity index (χ2v) is 6.92. The lowest BCUT2D eigenvalue weighted by atomic mass is 9.80. The van der Waals surface area contributed by atoms with Crippen molar-refractivity contribution >= 4 is 10.8 Å². The Labute approximate surface area is 131 Å². The SMILES string of the molecule is COc1ccc2cc(C3(O)CC4CCC(C3)N4C)ccc2c1. The first-order valence-corrected chi connectivity index (χ1v) is 8.12. The van der Waals surface area contributed by atoms with E-state index in [1.807, 2.05) is 12.1 Å². The molecule has 2 aromatic carbocycles. The molecule has 2 aliphatic heterocycles. The zero-order valence-electron chi connectivity index (χ0n) is 13.2. The third-order valence-corrected chi connectivity index (χ3v) is 5.72. The maximum atomic E-state index is 11.3. The summed E-state index contributed by atoms with van der Waals surface area (Å²) in [5.41, 5.74) is 0.391. The summed E-state index contributed by atoms with van der Waals surface area (Å²) >= 11 is 0. The Kier molecular flexibility index (Phi) is 3.17. The zero-order chi connectivity index (χ0) is 15.3. The van der Waals surface area contributed by atoms with Crippen molar-refractivity contribution in [2.75, 3.05) is 14.2 Å². The summed E-state index contributed by atoms with van der Waals surface area (Å²) in [5, 5.41) is 13.6. The molecule has 2 fully saturated rings. The van der Waals surface area contributed by atoms with E-state index in [2.05, 4.69) is 36.2 Å². The molecule has 2 bridgehead atoms. The fraction of sp³-hybridized carbons (Fsp3) is 0.474. The minimum atomic E-state index is -0.674. The van der Waals surface area contributed by atoms with E-state index in [0.29, 0.717) is 12.1 Å². The van der Waals surface area contributed by atoms with E-state index < -0.39 is 5.60 Å². The van der Waals surface area contributed by atoms with E-state index in [4.69, 9.17) is 4.74 Å². The summed E-state index contributed by atoms with van der Waals surface area (Å²) in [6.07, 6.45) is 4.13. The van der Waals surface area contributed by atoms with Gasteiger partial charge in [-0.1, -0.05) is 18.2 Å². The predicted molar refractivity (Wildman–Crippen MR) is 88.2 cm³/mol. The number of methoxy groups -OCH3 is 1. The summed E-state index contributed by atoms with van der Waals surface area (Å²) in [6, 6.07) is 13.5. The molecular formula is C19H23NO2. The molecule has 22 heavy (non-hydrogen) atoms. The van der Waals surface area contributed by atoms with Gasteiger partial charge in [0.15, 0.2) is 0 Å². The molecule has 2 heterocycles. The lowest BCUT2D eigenvalue weighted by Crippen LogP contribution is -2.47. The van der Waals surface area contributed by atoms with E-state index in [-0.39, 0.29) is 0 Å². The quantitative estimate of drug-likeness (QED) is 0.923. The molecule has 116 valence electrons. The van der Waals surface area contributed by atoms with Crippen LogP contribution in [0, 0.1) is 0 Å². The van der Waals surface area contributed by atoms with Crippen LogP contribution in [0.5, 0.6) is 5.75 Å². The number of nitrogens with zero attached hydrogens (tertiary/aromatic N) is 1. The minimum Gasteiger partial charge on any atom is -0.497 e. The van der Waals surface area contributed by atoms with Crippen molar-refractivity contribution in [1.29, 1.82) is 0 Å². The van der Waals surface area contributed by atoms with E-state index in [9.17, 15) is 5.11 Å².